The van der Waals surface area contributed by atoms with E-state index in [1.807, 2.05) is 19.1 Å². The lowest BCUT2D eigenvalue weighted by atomic mass is 10.2. The Labute approximate surface area is 79.9 Å². The first-order valence-corrected chi connectivity index (χ1v) is 4.66. The average Bonchev–Trinajstić information content (AvgIpc) is 1.93. The third kappa shape index (κ3) is 2.80. The summed E-state index contributed by atoms with van der Waals surface area (Å²) in [6.45, 7) is 1.96. The molecule has 0 spiro atoms. The standard InChI is InChI=1S/C8H9BrClN/c1-6(10)5-8-7(9)3-2-4-11-8/h2-4,6H,5H2,1H3. The maximum atomic E-state index is 5.82. The number of pyridine rings is 1. The first-order chi connectivity index (χ1) is 5.20. The van der Waals surface area contributed by atoms with Gasteiger partial charge in [0.25, 0.3) is 0 Å². The number of aromatic nitrogens is 1. The van der Waals surface area contributed by atoms with E-state index in [1.165, 1.54) is 0 Å². The number of hydrogen-bond acceptors (Lipinski definition) is 1. The van der Waals surface area contributed by atoms with E-state index in [1.54, 1.807) is 6.20 Å². The van der Waals surface area contributed by atoms with Crippen LogP contribution in [0.1, 0.15) is 12.6 Å². The van der Waals surface area contributed by atoms with E-state index in [0.29, 0.717) is 0 Å². The molecule has 60 valence electrons. The van der Waals surface area contributed by atoms with Gasteiger partial charge in [-0.25, -0.2) is 0 Å². The van der Waals surface area contributed by atoms with Crippen molar-refractivity contribution in [3.05, 3.63) is 28.5 Å². The van der Waals surface area contributed by atoms with Crippen LogP contribution in [0.2, 0.25) is 0 Å². The summed E-state index contributed by atoms with van der Waals surface area (Å²) in [6, 6.07) is 3.87. The highest BCUT2D eigenvalue weighted by atomic mass is 79.9. The van der Waals surface area contributed by atoms with E-state index in [0.717, 1.165) is 16.6 Å². The molecule has 1 atom stereocenters. The van der Waals surface area contributed by atoms with Gasteiger partial charge in [0.2, 0.25) is 0 Å². The average molecular weight is 235 g/mol. The predicted molar refractivity (Wildman–Crippen MR) is 51.0 cm³/mol. The van der Waals surface area contributed by atoms with Crippen LogP contribution in [0.25, 0.3) is 0 Å². The Bertz CT molecular complexity index is 237. The van der Waals surface area contributed by atoms with Crippen molar-refractivity contribution in [2.45, 2.75) is 18.7 Å². The summed E-state index contributed by atoms with van der Waals surface area (Å²) in [5, 5.41) is 0.140. The number of rotatable bonds is 2. The molecule has 1 nitrogen and oxygen atoms in total. The normalized spacial score (nSPS) is 13.0. The molecule has 1 heterocycles. The Balaban J connectivity index is 2.78. The maximum absolute atomic E-state index is 5.82. The van der Waals surface area contributed by atoms with Gasteiger partial charge < -0.3 is 0 Å². The molecule has 1 aromatic rings. The second kappa shape index (κ2) is 4.07. The van der Waals surface area contributed by atoms with Gasteiger partial charge in [0.1, 0.15) is 0 Å². The van der Waals surface area contributed by atoms with Gasteiger partial charge in [-0.05, 0) is 35.0 Å². The van der Waals surface area contributed by atoms with Crippen molar-refractivity contribution in [2.24, 2.45) is 0 Å². The molecule has 1 aromatic heterocycles. The number of nitrogens with zero attached hydrogens (tertiary/aromatic N) is 1. The lowest BCUT2D eigenvalue weighted by Crippen LogP contribution is -1.99. The Morgan fingerprint density at radius 3 is 3.00 bits per heavy atom. The predicted octanol–water partition coefficient (Wildman–Crippen LogP) is 3.01. The fourth-order valence-electron chi connectivity index (χ4n) is 0.835. The topological polar surface area (TPSA) is 12.9 Å². The van der Waals surface area contributed by atoms with Gasteiger partial charge >= 0.3 is 0 Å². The molecule has 0 fully saturated rings. The van der Waals surface area contributed by atoms with Crippen LogP contribution in [0.4, 0.5) is 0 Å². The Kier molecular flexibility index (Phi) is 3.34. The monoisotopic (exact) mass is 233 g/mol. The number of alkyl halides is 1. The van der Waals surface area contributed by atoms with Crippen molar-refractivity contribution < 1.29 is 0 Å². The van der Waals surface area contributed by atoms with Gasteiger partial charge in [-0.3, -0.25) is 4.98 Å². The minimum absolute atomic E-state index is 0.140. The fraction of sp³-hybridized carbons (Fsp3) is 0.375. The molecule has 0 saturated heterocycles. The largest absolute Gasteiger partial charge is 0.260 e. The van der Waals surface area contributed by atoms with Crippen LogP contribution in [0, 0.1) is 0 Å². The van der Waals surface area contributed by atoms with E-state index < -0.39 is 0 Å². The summed E-state index contributed by atoms with van der Waals surface area (Å²) in [5.74, 6) is 0. The van der Waals surface area contributed by atoms with Crippen LogP contribution in [0.15, 0.2) is 22.8 Å². The van der Waals surface area contributed by atoms with Crippen LogP contribution >= 0.6 is 27.5 Å². The van der Waals surface area contributed by atoms with Crippen LogP contribution in [0.3, 0.4) is 0 Å². The van der Waals surface area contributed by atoms with Gasteiger partial charge in [0.15, 0.2) is 0 Å². The molecule has 0 radical (unpaired) electrons. The molecular formula is C8H9BrClN. The van der Waals surface area contributed by atoms with Crippen molar-refractivity contribution in [2.75, 3.05) is 0 Å². The lowest BCUT2D eigenvalue weighted by Gasteiger charge is -2.03. The van der Waals surface area contributed by atoms with Crippen LogP contribution in [-0.2, 0) is 6.42 Å². The summed E-state index contributed by atoms with van der Waals surface area (Å²) in [5.41, 5.74) is 1.02. The van der Waals surface area contributed by atoms with Crippen molar-refractivity contribution in [3.63, 3.8) is 0 Å². The van der Waals surface area contributed by atoms with E-state index in [-0.39, 0.29) is 5.38 Å². The molecule has 1 unspecified atom stereocenters. The second-order valence-corrected chi connectivity index (χ2v) is 4.02. The molecule has 11 heavy (non-hydrogen) atoms. The molecule has 0 amide bonds. The SMILES string of the molecule is CC(Cl)Cc1ncccc1Br. The smallest absolute Gasteiger partial charge is 0.0559 e. The van der Waals surface area contributed by atoms with Gasteiger partial charge in [0.05, 0.1) is 5.69 Å². The zero-order valence-corrected chi connectivity index (χ0v) is 8.56. The molecule has 0 bridgehead atoms. The van der Waals surface area contributed by atoms with Crippen molar-refractivity contribution in [1.82, 2.24) is 4.98 Å². The van der Waals surface area contributed by atoms with E-state index >= 15 is 0 Å². The third-order valence-electron chi connectivity index (χ3n) is 1.31. The van der Waals surface area contributed by atoms with Gasteiger partial charge in [0, 0.05) is 22.5 Å². The van der Waals surface area contributed by atoms with Crippen LogP contribution in [0.5, 0.6) is 0 Å². The summed E-state index contributed by atoms with van der Waals surface area (Å²) in [4.78, 5) is 4.19. The zero-order chi connectivity index (χ0) is 8.27. The first kappa shape index (κ1) is 9.01. The van der Waals surface area contributed by atoms with Crippen LogP contribution in [-0.4, -0.2) is 10.4 Å². The van der Waals surface area contributed by atoms with Crippen molar-refractivity contribution in [3.8, 4) is 0 Å². The minimum atomic E-state index is 0.140. The van der Waals surface area contributed by atoms with Crippen molar-refractivity contribution >= 4 is 27.5 Å². The number of halogens is 2. The lowest BCUT2D eigenvalue weighted by molar-refractivity contribution is 0.885. The molecule has 0 N–H and O–H groups in total. The Morgan fingerprint density at radius 1 is 1.73 bits per heavy atom. The van der Waals surface area contributed by atoms with Crippen molar-refractivity contribution in [1.29, 1.82) is 0 Å². The van der Waals surface area contributed by atoms with E-state index in [4.69, 9.17) is 11.6 Å². The minimum Gasteiger partial charge on any atom is -0.260 e. The first-order valence-electron chi connectivity index (χ1n) is 3.43. The molecule has 3 heteroatoms. The quantitative estimate of drug-likeness (QED) is 0.717. The summed E-state index contributed by atoms with van der Waals surface area (Å²) in [6.07, 6.45) is 2.59. The zero-order valence-electron chi connectivity index (χ0n) is 6.22. The van der Waals surface area contributed by atoms with E-state index in [2.05, 4.69) is 20.9 Å². The van der Waals surface area contributed by atoms with Crippen LogP contribution < -0.4 is 0 Å². The highest BCUT2D eigenvalue weighted by molar-refractivity contribution is 9.10. The highest BCUT2D eigenvalue weighted by Crippen LogP contribution is 2.16. The molecular weight excluding hydrogens is 225 g/mol. The van der Waals surface area contributed by atoms with Gasteiger partial charge in [-0.15, -0.1) is 11.6 Å². The molecule has 0 aliphatic rings. The molecule has 0 aromatic carbocycles. The fourth-order valence-corrected chi connectivity index (χ4v) is 1.40. The molecule has 1 rings (SSSR count). The molecule has 0 aliphatic heterocycles. The van der Waals surface area contributed by atoms with Gasteiger partial charge in [-0.1, -0.05) is 0 Å². The van der Waals surface area contributed by atoms with E-state index in [9.17, 15) is 0 Å². The Hall–Kier alpha value is -0.0800. The summed E-state index contributed by atoms with van der Waals surface area (Å²) < 4.78 is 1.03. The van der Waals surface area contributed by atoms with Gasteiger partial charge in [-0.2, -0.15) is 0 Å². The maximum Gasteiger partial charge on any atom is 0.0559 e. The second-order valence-electron chi connectivity index (χ2n) is 2.42. The molecule has 0 aliphatic carbocycles. The summed E-state index contributed by atoms with van der Waals surface area (Å²) >= 11 is 9.23. The molecule has 0 saturated carbocycles. The summed E-state index contributed by atoms with van der Waals surface area (Å²) in [7, 11) is 0. The Morgan fingerprint density at radius 2 is 2.45 bits per heavy atom. The highest BCUT2D eigenvalue weighted by Gasteiger charge is 2.03. The number of hydrogen-bond donors (Lipinski definition) is 0. The third-order valence-corrected chi connectivity index (χ3v) is 2.19.